The van der Waals surface area contributed by atoms with E-state index in [0.717, 1.165) is 35.3 Å². The highest BCUT2D eigenvalue weighted by Gasteiger charge is 2.46. The molecule has 21 heavy (non-hydrogen) atoms. The van der Waals surface area contributed by atoms with Crippen LogP contribution in [0, 0.1) is 0 Å². The summed E-state index contributed by atoms with van der Waals surface area (Å²) in [4.78, 5) is 16.7. The van der Waals surface area contributed by atoms with E-state index in [4.69, 9.17) is 4.74 Å². The maximum Gasteiger partial charge on any atom is 0.326 e. The molecule has 0 saturated heterocycles. The fourth-order valence-electron chi connectivity index (χ4n) is 2.73. The monoisotopic (exact) mass is 372 g/mol. The van der Waals surface area contributed by atoms with Crippen molar-refractivity contribution in [3.63, 3.8) is 0 Å². The summed E-state index contributed by atoms with van der Waals surface area (Å²) in [5, 5.41) is 4.74. The summed E-state index contributed by atoms with van der Waals surface area (Å²) in [5.41, 5.74) is -0.516. The Hall–Kier alpha value is -0.590. The van der Waals surface area contributed by atoms with E-state index in [9.17, 15) is 4.79 Å². The number of hydrogen-bond acceptors (Lipinski definition) is 5. The van der Waals surface area contributed by atoms with Gasteiger partial charge in [-0.15, -0.1) is 11.8 Å². The lowest BCUT2D eigenvalue weighted by molar-refractivity contribution is -0.151. The Bertz CT molecular complexity index is 483. The van der Waals surface area contributed by atoms with Gasteiger partial charge >= 0.3 is 5.97 Å². The second-order valence-electron chi connectivity index (χ2n) is 5.13. The van der Waals surface area contributed by atoms with Gasteiger partial charge in [0.05, 0.1) is 11.6 Å². The third kappa shape index (κ3) is 4.20. The van der Waals surface area contributed by atoms with E-state index in [1.54, 1.807) is 18.0 Å². The summed E-state index contributed by atoms with van der Waals surface area (Å²) < 4.78 is 6.24. The molecule has 1 heterocycles. The molecule has 0 aromatic carbocycles. The highest BCUT2D eigenvalue weighted by molar-refractivity contribution is 9.10. The van der Waals surface area contributed by atoms with E-state index in [0.29, 0.717) is 11.9 Å². The minimum Gasteiger partial charge on any atom is -0.465 e. The summed E-state index contributed by atoms with van der Waals surface area (Å²) in [7, 11) is 0. The Morgan fingerprint density at radius 1 is 1.57 bits per heavy atom. The lowest BCUT2D eigenvalue weighted by Gasteiger charge is -2.27. The van der Waals surface area contributed by atoms with Gasteiger partial charge in [0.1, 0.15) is 5.54 Å². The van der Waals surface area contributed by atoms with Crippen molar-refractivity contribution in [2.24, 2.45) is 0 Å². The van der Waals surface area contributed by atoms with Crippen molar-refractivity contribution in [1.29, 1.82) is 0 Å². The molecule has 0 radical (unpaired) electrons. The third-order valence-corrected chi connectivity index (χ3v) is 5.33. The normalized spacial score (nSPS) is 25.0. The van der Waals surface area contributed by atoms with Crippen molar-refractivity contribution in [1.82, 2.24) is 10.3 Å². The summed E-state index contributed by atoms with van der Waals surface area (Å²) >= 11 is 5.13. The van der Waals surface area contributed by atoms with Crippen LogP contribution in [0.15, 0.2) is 27.8 Å². The molecule has 1 aromatic heterocycles. The third-order valence-electron chi connectivity index (χ3n) is 3.64. The van der Waals surface area contributed by atoms with Crippen LogP contribution in [-0.4, -0.2) is 34.9 Å². The molecule has 2 rings (SSSR count). The maximum atomic E-state index is 12.3. The SMILES string of the molecule is CCNC1(C(=O)OCC)CCC(Sc2ccc(Br)cn2)C1. The van der Waals surface area contributed by atoms with Crippen LogP contribution in [0.5, 0.6) is 0 Å². The lowest BCUT2D eigenvalue weighted by Crippen LogP contribution is -2.51. The molecule has 4 nitrogen and oxygen atoms in total. The van der Waals surface area contributed by atoms with Crippen LogP contribution >= 0.6 is 27.7 Å². The van der Waals surface area contributed by atoms with Gasteiger partial charge in [-0.3, -0.25) is 4.79 Å². The molecule has 1 saturated carbocycles. The van der Waals surface area contributed by atoms with Crippen LogP contribution in [0.3, 0.4) is 0 Å². The Balaban J connectivity index is 2.02. The van der Waals surface area contributed by atoms with E-state index < -0.39 is 5.54 Å². The van der Waals surface area contributed by atoms with Crippen molar-refractivity contribution in [2.45, 2.75) is 48.9 Å². The lowest BCUT2D eigenvalue weighted by atomic mass is 9.98. The number of rotatable bonds is 6. The van der Waals surface area contributed by atoms with Gasteiger partial charge in [0.15, 0.2) is 0 Å². The number of pyridine rings is 1. The summed E-state index contributed by atoms with van der Waals surface area (Å²) in [6, 6.07) is 4.00. The Morgan fingerprint density at radius 2 is 2.38 bits per heavy atom. The number of hydrogen-bond donors (Lipinski definition) is 1. The number of aromatic nitrogens is 1. The van der Waals surface area contributed by atoms with Gasteiger partial charge in [0.25, 0.3) is 0 Å². The molecule has 0 spiro atoms. The molecule has 1 aromatic rings. The Kier molecular flexibility index (Phi) is 6.08. The van der Waals surface area contributed by atoms with Gasteiger partial charge in [0.2, 0.25) is 0 Å². The first-order valence-electron chi connectivity index (χ1n) is 7.30. The van der Waals surface area contributed by atoms with E-state index in [1.807, 2.05) is 26.0 Å². The zero-order chi connectivity index (χ0) is 15.3. The second-order valence-corrected chi connectivity index (χ2v) is 7.37. The fraction of sp³-hybridized carbons (Fsp3) is 0.600. The average molecular weight is 373 g/mol. The number of nitrogens with one attached hydrogen (secondary N) is 1. The minimum absolute atomic E-state index is 0.112. The first-order chi connectivity index (χ1) is 10.1. The van der Waals surface area contributed by atoms with Crippen molar-refractivity contribution in [3.8, 4) is 0 Å². The Labute approximate surface area is 138 Å². The summed E-state index contributed by atoms with van der Waals surface area (Å²) in [6.07, 6.45) is 4.42. The number of thioether (sulfide) groups is 1. The molecule has 2 unspecified atom stereocenters. The average Bonchev–Trinajstić information content (AvgIpc) is 2.86. The predicted molar refractivity (Wildman–Crippen MR) is 88.5 cm³/mol. The molecular weight excluding hydrogens is 352 g/mol. The molecule has 1 N–H and O–H groups in total. The van der Waals surface area contributed by atoms with Crippen LogP contribution in [-0.2, 0) is 9.53 Å². The smallest absolute Gasteiger partial charge is 0.326 e. The number of likely N-dealkylation sites (N-methyl/N-ethyl adjacent to an activating group) is 1. The van der Waals surface area contributed by atoms with Crippen molar-refractivity contribution in [3.05, 3.63) is 22.8 Å². The number of esters is 1. The fourth-order valence-corrected chi connectivity index (χ4v) is 4.17. The van der Waals surface area contributed by atoms with E-state index in [2.05, 4.69) is 26.2 Å². The van der Waals surface area contributed by atoms with E-state index in [-0.39, 0.29) is 5.97 Å². The molecule has 116 valence electrons. The van der Waals surface area contributed by atoms with Gasteiger partial charge in [-0.25, -0.2) is 4.98 Å². The highest BCUT2D eigenvalue weighted by atomic mass is 79.9. The summed E-state index contributed by atoms with van der Waals surface area (Å²) in [6.45, 7) is 5.08. The maximum absolute atomic E-state index is 12.3. The van der Waals surface area contributed by atoms with Crippen LogP contribution in [0.25, 0.3) is 0 Å². The quantitative estimate of drug-likeness (QED) is 0.775. The van der Waals surface area contributed by atoms with Gasteiger partial charge in [0, 0.05) is 15.9 Å². The zero-order valence-corrected chi connectivity index (χ0v) is 14.8. The molecule has 6 heteroatoms. The number of halogens is 1. The highest BCUT2D eigenvalue weighted by Crippen LogP contribution is 2.40. The Morgan fingerprint density at radius 3 is 3.00 bits per heavy atom. The zero-order valence-electron chi connectivity index (χ0n) is 12.4. The van der Waals surface area contributed by atoms with Crippen LogP contribution in [0.4, 0.5) is 0 Å². The molecule has 1 fully saturated rings. The number of carbonyl (C=O) groups is 1. The van der Waals surface area contributed by atoms with Crippen molar-refractivity contribution >= 4 is 33.7 Å². The number of nitrogens with zero attached hydrogens (tertiary/aromatic N) is 1. The van der Waals surface area contributed by atoms with Gasteiger partial charge in [-0.2, -0.15) is 0 Å². The largest absolute Gasteiger partial charge is 0.465 e. The van der Waals surface area contributed by atoms with E-state index in [1.165, 1.54) is 0 Å². The van der Waals surface area contributed by atoms with Crippen LogP contribution in [0.1, 0.15) is 33.1 Å². The van der Waals surface area contributed by atoms with Gasteiger partial charge in [-0.1, -0.05) is 6.92 Å². The minimum atomic E-state index is -0.516. The molecular formula is C15H21BrN2O2S. The molecule has 0 bridgehead atoms. The number of ether oxygens (including phenoxy) is 1. The molecule has 2 atom stereocenters. The number of carbonyl (C=O) groups excluding carboxylic acids is 1. The van der Waals surface area contributed by atoms with Gasteiger partial charge < -0.3 is 10.1 Å². The van der Waals surface area contributed by atoms with Crippen LogP contribution < -0.4 is 5.32 Å². The second kappa shape index (κ2) is 7.61. The molecule has 1 aliphatic carbocycles. The van der Waals surface area contributed by atoms with Crippen molar-refractivity contribution < 1.29 is 9.53 Å². The first-order valence-corrected chi connectivity index (χ1v) is 8.97. The van der Waals surface area contributed by atoms with Gasteiger partial charge in [-0.05, 0) is 60.8 Å². The van der Waals surface area contributed by atoms with E-state index >= 15 is 0 Å². The molecule has 1 aliphatic rings. The van der Waals surface area contributed by atoms with Crippen molar-refractivity contribution in [2.75, 3.05) is 13.2 Å². The first kappa shape index (κ1) is 16.8. The van der Waals surface area contributed by atoms with Crippen LogP contribution in [0.2, 0.25) is 0 Å². The summed E-state index contributed by atoms with van der Waals surface area (Å²) in [5.74, 6) is -0.112. The topological polar surface area (TPSA) is 51.2 Å². The molecule has 0 aliphatic heterocycles. The standard InChI is InChI=1S/C15H21BrN2O2S/c1-3-18-15(14(19)20-4-2)8-7-12(9-15)21-13-6-5-11(16)10-17-13/h5-6,10,12,18H,3-4,7-9H2,1-2H3. The molecule has 0 amide bonds. The predicted octanol–water partition coefficient (Wildman–Crippen LogP) is 3.40.